The second kappa shape index (κ2) is 7.23. The van der Waals surface area contributed by atoms with Gasteiger partial charge in [0.05, 0.1) is 19.9 Å². The van der Waals surface area contributed by atoms with Gasteiger partial charge in [0.15, 0.2) is 12.5 Å². The molecule has 0 radical (unpaired) electrons. The number of rotatable bonds is 6. The van der Waals surface area contributed by atoms with E-state index in [1.807, 2.05) is 30.3 Å². The van der Waals surface area contributed by atoms with E-state index in [0.717, 1.165) is 5.69 Å². The molecule has 0 spiro atoms. The third-order valence-electron chi connectivity index (χ3n) is 3.36. The lowest BCUT2D eigenvalue weighted by molar-refractivity contribution is -0.0992. The highest BCUT2D eigenvalue weighted by Crippen LogP contribution is 2.19. The Morgan fingerprint density at radius 2 is 2.09 bits per heavy atom. The third-order valence-corrected chi connectivity index (χ3v) is 3.36. The molecule has 1 aliphatic heterocycles. The predicted molar refractivity (Wildman–Crippen MR) is 84.0 cm³/mol. The Morgan fingerprint density at radius 3 is 2.78 bits per heavy atom. The number of ether oxygens (including phenoxy) is 2. The molecule has 122 valence electrons. The van der Waals surface area contributed by atoms with Gasteiger partial charge < -0.3 is 25.2 Å². The monoisotopic (exact) mass is 318 g/mol. The highest BCUT2D eigenvalue weighted by molar-refractivity contribution is 5.44. The van der Waals surface area contributed by atoms with E-state index in [1.54, 1.807) is 12.3 Å². The van der Waals surface area contributed by atoms with Gasteiger partial charge >= 0.3 is 5.69 Å². The Balaban J connectivity index is 1.58. The molecule has 0 amide bonds. The van der Waals surface area contributed by atoms with Crippen LogP contribution in [0.5, 0.6) is 0 Å². The highest BCUT2D eigenvalue weighted by atomic mass is 16.7. The first-order valence-corrected chi connectivity index (χ1v) is 7.26. The molecule has 0 bridgehead atoms. The number of nitrogens with one attached hydrogen (secondary N) is 2. The molecule has 1 fully saturated rings. The number of para-hydroxylation sites is 1. The number of hydrogen-bond donors (Lipinski definition) is 3. The van der Waals surface area contributed by atoms with Gasteiger partial charge in [-0.15, -0.1) is 0 Å². The molecular formula is C15H18N4O4. The van der Waals surface area contributed by atoms with Crippen molar-refractivity contribution in [3.05, 3.63) is 53.1 Å². The van der Waals surface area contributed by atoms with Crippen LogP contribution >= 0.6 is 0 Å². The van der Waals surface area contributed by atoms with Crippen LogP contribution in [0.3, 0.4) is 0 Å². The van der Waals surface area contributed by atoms with Gasteiger partial charge in [0.2, 0.25) is 0 Å². The largest absolute Gasteiger partial charge is 0.391 e. The minimum atomic E-state index is -0.695. The Bertz CT molecular complexity index is 691. The van der Waals surface area contributed by atoms with E-state index in [0.29, 0.717) is 12.5 Å². The van der Waals surface area contributed by atoms with Crippen molar-refractivity contribution in [3.63, 3.8) is 0 Å². The Kier molecular flexibility index (Phi) is 4.86. The van der Waals surface area contributed by atoms with Crippen LogP contribution in [0.2, 0.25) is 0 Å². The van der Waals surface area contributed by atoms with Gasteiger partial charge in [-0.2, -0.15) is 4.98 Å². The lowest BCUT2D eigenvalue weighted by Crippen LogP contribution is -2.29. The molecule has 2 atom stereocenters. The summed E-state index contributed by atoms with van der Waals surface area (Å²) in [5.74, 6) is 0.465. The van der Waals surface area contributed by atoms with Gasteiger partial charge in [-0.1, -0.05) is 18.2 Å². The van der Waals surface area contributed by atoms with E-state index < -0.39 is 18.2 Å². The Hall–Kier alpha value is -2.42. The molecule has 2 aromatic rings. The van der Waals surface area contributed by atoms with E-state index in [1.165, 1.54) is 4.57 Å². The lowest BCUT2D eigenvalue weighted by atomic mass is 10.3. The second-order valence-corrected chi connectivity index (χ2v) is 4.94. The maximum atomic E-state index is 12.0. The number of hydrogen-bond acceptors (Lipinski definition) is 7. The minimum absolute atomic E-state index is 0.204. The number of nitrogens with zero attached hydrogens (tertiary/aromatic N) is 2. The number of aliphatic hydroxyl groups excluding tert-OH is 1. The summed E-state index contributed by atoms with van der Waals surface area (Å²) in [5, 5.41) is 15.2. The smallest absolute Gasteiger partial charge is 0.351 e. The molecule has 8 heteroatoms. The summed E-state index contributed by atoms with van der Waals surface area (Å²) in [7, 11) is 0. The fraction of sp³-hybridized carbons (Fsp3) is 0.333. The molecule has 1 aliphatic rings. The van der Waals surface area contributed by atoms with Crippen LogP contribution < -0.4 is 16.3 Å². The molecule has 8 nitrogen and oxygen atoms in total. The summed E-state index contributed by atoms with van der Waals surface area (Å²) in [5.41, 5.74) is 0.529. The molecule has 0 aliphatic carbocycles. The molecule has 1 aromatic heterocycles. The summed E-state index contributed by atoms with van der Waals surface area (Å²) in [6.07, 6.45) is 0.331. The average molecular weight is 318 g/mol. The fourth-order valence-electron chi connectivity index (χ4n) is 2.21. The van der Waals surface area contributed by atoms with Crippen LogP contribution in [0, 0.1) is 0 Å². The molecule has 3 N–H and O–H groups in total. The standard InChI is InChI=1S/C15H18N4O4/c20-8-14-22-9-13(23-14)19-7-6-12(18-15(19)21)17-10-16-11-4-2-1-3-5-11/h1-7,13-14,16,20H,8-10H2,(H,17,18,21). The lowest BCUT2D eigenvalue weighted by Gasteiger charge is -2.13. The van der Waals surface area contributed by atoms with E-state index in [4.69, 9.17) is 14.6 Å². The van der Waals surface area contributed by atoms with Gasteiger partial charge in [-0.25, -0.2) is 4.79 Å². The summed E-state index contributed by atoms with van der Waals surface area (Å²) >= 11 is 0. The molecule has 1 saturated heterocycles. The van der Waals surface area contributed by atoms with E-state index in [9.17, 15) is 4.79 Å². The van der Waals surface area contributed by atoms with Crippen molar-refractivity contribution >= 4 is 11.5 Å². The molecule has 3 rings (SSSR count). The Labute approximate surface area is 132 Å². The zero-order chi connectivity index (χ0) is 16.1. The third kappa shape index (κ3) is 3.86. The van der Waals surface area contributed by atoms with Crippen molar-refractivity contribution in [1.82, 2.24) is 9.55 Å². The van der Waals surface area contributed by atoms with Gasteiger partial charge in [-0.05, 0) is 18.2 Å². The quantitative estimate of drug-likeness (QED) is 0.671. The summed E-state index contributed by atoms with van der Waals surface area (Å²) < 4.78 is 11.9. The number of anilines is 2. The predicted octanol–water partition coefficient (Wildman–Crippen LogP) is 0.589. The van der Waals surface area contributed by atoms with Crippen LogP contribution in [0.1, 0.15) is 6.23 Å². The molecule has 23 heavy (non-hydrogen) atoms. The maximum absolute atomic E-state index is 12.0. The zero-order valence-electron chi connectivity index (χ0n) is 12.4. The average Bonchev–Trinajstić information content (AvgIpc) is 3.05. The Morgan fingerprint density at radius 1 is 1.26 bits per heavy atom. The molecular weight excluding hydrogens is 300 g/mol. The summed E-state index contributed by atoms with van der Waals surface area (Å²) in [4.78, 5) is 16.0. The van der Waals surface area contributed by atoms with Gasteiger partial charge in [0.25, 0.3) is 0 Å². The van der Waals surface area contributed by atoms with Crippen molar-refractivity contribution in [2.24, 2.45) is 0 Å². The van der Waals surface area contributed by atoms with Crippen LogP contribution in [-0.2, 0) is 9.47 Å². The van der Waals surface area contributed by atoms with E-state index in [-0.39, 0.29) is 13.2 Å². The molecule has 1 aromatic carbocycles. The molecule has 0 saturated carbocycles. The van der Waals surface area contributed by atoms with Crippen molar-refractivity contribution in [1.29, 1.82) is 0 Å². The van der Waals surface area contributed by atoms with E-state index in [2.05, 4.69) is 15.6 Å². The number of aromatic nitrogens is 2. The fourth-order valence-corrected chi connectivity index (χ4v) is 2.21. The first-order chi connectivity index (χ1) is 11.3. The van der Waals surface area contributed by atoms with Gasteiger partial charge in [0, 0.05) is 11.9 Å². The SMILES string of the molecule is O=c1nc(NCNc2ccccc2)ccn1C1COC(CO)O1. The van der Waals surface area contributed by atoms with Crippen LogP contribution in [0.15, 0.2) is 47.4 Å². The second-order valence-electron chi connectivity index (χ2n) is 4.94. The first-order valence-electron chi connectivity index (χ1n) is 7.26. The van der Waals surface area contributed by atoms with Crippen molar-refractivity contribution in [2.75, 3.05) is 30.5 Å². The van der Waals surface area contributed by atoms with Crippen molar-refractivity contribution < 1.29 is 14.6 Å². The van der Waals surface area contributed by atoms with Gasteiger partial charge in [0.1, 0.15) is 5.82 Å². The van der Waals surface area contributed by atoms with Crippen molar-refractivity contribution in [3.8, 4) is 0 Å². The minimum Gasteiger partial charge on any atom is -0.391 e. The molecule has 2 unspecified atom stereocenters. The molecule has 2 heterocycles. The van der Waals surface area contributed by atoms with E-state index >= 15 is 0 Å². The number of aliphatic hydroxyl groups is 1. The maximum Gasteiger partial charge on any atom is 0.351 e. The normalized spacial score (nSPS) is 20.4. The van der Waals surface area contributed by atoms with Crippen LogP contribution in [0.4, 0.5) is 11.5 Å². The zero-order valence-corrected chi connectivity index (χ0v) is 12.4. The summed E-state index contributed by atoms with van der Waals surface area (Å²) in [6.45, 7) is 0.398. The highest BCUT2D eigenvalue weighted by Gasteiger charge is 2.27. The first kappa shape index (κ1) is 15.5. The number of benzene rings is 1. The van der Waals surface area contributed by atoms with Gasteiger partial charge in [-0.3, -0.25) is 4.57 Å². The van der Waals surface area contributed by atoms with Crippen LogP contribution in [0.25, 0.3) is 0 Å². The summed E-state index contributed by atoms with van der Waals surface area (Å²) in [6, 6.07) is 11.4. The van der Waals surface area contributed by atoms with Crippen LogP contribution in [-0.4, -0.2) is 40.8 Å². The topological polar surface area (TPSA) is 97.6 Å². The van der Waals surface area contributed by atoms with Crippen molar-refractivity contribution in [2.45, 2.75) is 12.5 Å².